The van der Waals surface area contributed by atoms with Crippen LogP contribution < -0.4 is 15.4 Å². The Balaban J connectivity index is 0.00000289. The summed E-state index contributed by atoms with van der Waals surface area (Å²) in [6, 6.07) is 6.45. The van der Waals surface area contributed by atoms with Gasteiger partial charge in [0.15, 0.2) is 0 Å². The fourth-order valence-corrected chi connectivity index (χ4v) is 1.20. The van der Waals surface area contributed by atoms with Crippen molar-refractivity contribution in [2.24, 2.45) is 0 Å². The first-order valence-electron chi connectivity index (χ1n) is 5.08. The highest BCUT2D eigenvalue weighted by atomic mass is 35.5. The maximum absolute atomic E-state index is 12.0. The van der Waals surface area contributed by atoms with Crippen molar-refractivity contribution in [1.82, 2.24) is 5.32 Å². The number of benzene rings is 1. The molecule has 0 aromatic heterocycles. The lowest BCUT2D eigenvalue weighted by molar-refractivity contribution is -0.115. The molecule has 1 aromatic rings. The van der Waals surface area contributed by atoms with Crippen LogP contribution in [0.15, 0.2) is 24.3 Å². The summed E-state index contributed by atoms with van der Waals surface area (Å²) in [5.74, 6) is -0.0298. The van der Waals surface area contributed by atoms with Gasteiger partial charge in [-0.15, -0.1) is 12.4 Å². The Bertz CT molecular complexity index is 378. The number of alkyl halides is 2. The van der Waals surface area contributed by atoms with Crippen LogP contribution in [0, 0.1) is 0 Å². The number of anilines is 1. The number of rotatable bonds is 6. The number of halogens is 3. The van der Waals surface area contributed by atoms with Crippen molar-refractivity contribution in [2.45, 2.75) is 6.43 Å². The van der Waals surface area contributed by atoms with Crippen LogP contribution in [0.2, 0.25) is 0 Å². The van der Waals surface area contributed by atoms with Gasteiger partial charge in [0.1, 0.15) is 12.4 Å². The van der Waals surface area contributed by atoms with Crippen molar-refractivity contribution < 1.29 is 18.3 Å². The molecular formula is C11H15ClF2N2O2. The lowest BCUT2D eigenvalue weighted by Gasteiger charge is -2.11. The molecule has 18 heavy (non-hydrogen) atoms. The zero-order valence-electron chi connectivity index (χ0n) is 9.78. The fraction of sp³-hybridized carbons (Fsp3) is 0.364. The summed E-state index contributed by atoms with van der Waals surface area (Å²) in [5.41, 5.74) is 0.383. The highest BCUT2D eigenvalue weighted by Crippen LogP contribution is 2.23. The minimum Gasteiger partial charge on any atom is -0.485 e. The van der Waals surface area contributed by atoms with Crippen molar-refractivity contribution >= 4 is 24.0 Å². The summed E-state index contributed by atoms with van der Waals surface area (Å²) in [5, 5.41) is 5.25. The van der Waals surface area contributed by atoms with Gasteiger partial charge in [0.25, 0.3) is 6.43 Å². The number of nitrogens with one attached hydrogen (secondary N) is 2. The molecule has 0 aliphatic carbocycles. The third kappa shape index (κ3) is 5.79. The maximum Gasteiger partial charge on any atom is 0.272 e. The largest absolute Gasteiger partial charge is 0.485 e. The van der Waals surface area contributed by atoms with Gasteiger partial charge in [0.05, 0.1) is 12.2 Å². The molecule has 0 saturated carbocycles. The van der Waals surface area contributed by atoms with Gasteiger partial charge in [-0.3, -0.25) is 4.79 Å². The van der Waals surface area contributed by atoms with E-state index in [1.807, 2.05) is 0 Å². The van der Waals surface area contributed by atoms with E-state index < -0.39 is 13.0 Å². The Morgan fingerprint density at radius 1 is 1.39 bits per heavy atom. The van der Waals surface area contributed by atoms with Gasteiger partial charge < -0.3 is 15.4 Å². The van der Waals surface area contributed by atoms with E-state index in [1.165, 1.54) is 6.07 Å². The standard InChI is InChI=1S/C11H14F2N2O2.ClH/c1-14-6-11(16)15-8-4-2-3-5-9(8)17-7-10(12)13;/h2-5,10,14H,6-7H2,1H3,(H,15,16);1H. The van der Waals surface area contributed by atoms with Crippen molar-refractivity contribution in [2.75, 3.05) is 25.5 Å². The predicted octanol–water partition coefficient (Wildman–Crippen LogP) is 1.91. The highest BCUT2D eigenvalue weighted by molar-refractivity contribution is 5.93. The molecule has 2 N–H and O–H groups in total. The van der Waals surface area contributed by atoms with Crippen molar-refractivity contribution in [1.29, 1.82) is 0 Å². The Morgan fingerprint density at radius 3 is 2.67 bits per heavy atom. The molecule has 0 unspecified atom stereocenters. The van der Waals surface area contributed by atoms with Gasteiger partial charge >= 0.3 is 0 Å². The molecule has 0 saturated heterocycles. The van der Waals surface area contributed by atoms with Crippen LogP contribution in [-0.4, -0.2) is 32.5 Å². The number of carbonyl (C=O) groups is 1. The summed E-state index contributed by atoms with van der Waals surface area (Å²) in [6.45, 7) is -0.553. The van der Waals surface area contributed by atoms with Crippen LogP contribution in [0.5, 0.6) is 5.75 Å². The van der Waals surface area contributed by atoms with E-state index in [2.05, 4.69) is 10.6 Å². The Morgan fingerprint density at radius 2 is 2.06 bits per heavy atom. The lowest BCUT2D eigenvalue weighted by atomic mass is 10.3. The number of carbonyl (C=O) groups excluding carboxylic acids is 1. The molecule has 1 rings (SSSR count). The number of likely N-dealkylation sites (N-methyl/N-ethyl adjacent to an activating group) is 1. The van der Waals surface area contributed by atoms with Crippen LogP contribution >= 0.6 is 12.4 Å². The van der Waals surface area contributed by atoms with Gasteiger partial charge in [-0.25, -0.2) is 8.78 Å². The molecule has 102 valence electrons. The Labute approximate surface area is 110 Å². The van der Waals surface area contributed by atoms with E-state index in [-0.39, 0.29) is 30.6 Å². The average molecular weight is 281 g/mol. The minimum atomic E-state index is -2.55. The molecule has 0 aliphatic rings. The van der Waals surface area contributed by atoms with Gasteiger partial charge in [0.2, 0.25) is 5.91 Å². The van der Waals surface area contributed by atoms with Gasteiger partial charge in [-0.05, 0) is 19.2 Å². The second-order valence-corrected chi connectivity index (χ2v) is 3.28. The molecule has 0 bridgehead atoms. The van der Waals surface area contributed by atoms with Crippen LogP contribution in [-0.2, 0) is 4.79 Å². The van der Waals surface area contributed by atoms with Gasteiger partial charge in [0, 0.05) is 0 Å². The minimum absolute atomic E-state index is 0. The van der Waals surface area contributed by atoms with E-state index in [0.717, 1.165) is 0 Å². The first kappa shape index (κ1) is 16.6. The molecule has 1 amide bonds. The first-order chi connectivity index (χ1) is 8.13. The van der Waals surface area contributed by atoms with Gasteiger partial charge in [-0.1, -0.05) is 12.1 Å². The Hall–Kier alpha value is -1.40. The van der Waals surface area contributed by atoms with Crippen molar-refractivity contribution in [3.8, 4) is 5.75 Å². The Kier molecular flexibility index (Phi) is 7.98. The number of para-hydroxylation sites is 2. The van der Waals surface area contributed by atoms with Crippen LogP contribution in [0.3, 0.4) is 0 Å². The van der Waals surface area contributed by atoms with E-state index in [1.54, 1.807) is 25.2 Å². The van der Waals surface area contributed by atoms with E-state index >= 15 is 0 Å². The van der Waals surface area contributed by atoms with Crippen LogP contribution in [0.1, 0.15) is 0 Å². The summed E-state index contributed by atoms with van der Waals surface area (Å²) in [6.07, 6.45) is -2.55. The molecule has 0 aliphatic heterocycles. The van der Waals surface area contributed by atoms with E-state index in [9.17, 15) is 13.6 Å². The molecule has 7 heteroatoms. The second kappa shape index (κ2) is 8.66. The van der Waals surface area contributed by atoms with Crippen LogP contribution in [0.4, 0.5) is 14.5 Å². The zero-order valence-corrected chi connectivity index (χ0v) is 10.6. The summed E-state index contributed by atoms with van der Waals surface area (Å²) in [7, 11) is 1.64. The molecule has 0 spiro atoms. The van der Waals surface area contributed by atoms with Crippen molar-refractivity contribution in [3.63, 3.8) is 0 Å². The van der Waals surface area contributed by atoms with Crippen molar-refractivity contribution in [3.05, 3.63) is 24.3 Å². The van der Waals surface area contributed by atoms with Crippen LogP contribution in [0.25, 0.3) is 0 Å². The van der Waals surface area contributed by atoms with E-state index in [0.29, 0.717) is 5.69 Å². The first-order valence-corrected chi connectivity index (χ1v) is 5.08. The quantitative estimate of drug-likeness (QED) is 0.837. The summed E-state index contributed by atoms with van der Waals surface area (Å²) in [4.78, 5) is 11.3. The second-order valence-electron chi connectivity index (χ2n) is 3.28. The fourth-order valence-electron chi connectivity index (χ4n) is 1.20. The normalized spacial score (nSPS) is 9.78. The molecular weight excluding hydrogens is 266 g/mol. The zero-order chi connectivity index (χ0) is 12.7. The third-order valence-corrected chi connectivity index (χ3v) is 1.86. The number of hydrogen-bond donors (Lipinski definition) is 2. The molecule has 1 aromatic carbocycles. The molecule has 0 radical (unpaired) electrons. The SMILES string of the molecule is CNCC(=O)Nc1ccccc1OCC(F)F.Cl. The monoisotopic (exact) mass is 280 g/mol. The summed E-state index contributed by atoms with van der Waals surface area (Å²) >= 11 is 0. The topological polar surface area (TPSA) is 50.4 Å². The third-order valence-electron chi connectivity index (χ3n) is 1.86. The lowest BCUT2D eigenvalue weighted by Crippen LogP contribution is -2.25. The predicted molar refractivity (Wildman–Crippen MR) is 67.7 cm³/mol. The maximum atomic E-state index is 12.0. The molecule has 0 atom stereocenters. The molecule has 4 nitrogen and oxygen atoms in total. The number of ether oxygens (including phenoxy) is 1. The highest BCUT2D eigenvalue weighted by Gasteiger charge is 2.09. The summed E-state index contributed by atoms with van der Waals surface area (Å²) < 4.78 is 28.9. The molecule has 0 fully saturated rings. The number of hydrogen-bond acceptors (Lipinski definition) is 3. The van der Waals surface area contributed by atoms with E-state index in [4.69, 9.17) is 4.74 Å². The average Bonchev–Trinajstić information content (AvgIpc) is 2.28. The van der Waals surface area contributed by atoms with Gasteiger partial charge in [-0.2, -0.15) is 0 Å². The number of amides is 1. The molecule has 0 heterocycles. The smallest absolute Gasteiger partial charge is 0.272 e.